The van der Waals surface area contributed by atoms with Crippen LogP contribution in [0.2, 0.25) is 0 Å². The number of rotatable bonds is 1. The topological polar surface area (TPSA) is 24.4 Å². The fourth-order valence-electron chi connectivity index (χ4n) is 3.83. The molecule has 18 heavy (non-hydrogen) atoms. The Morgan fingerprint density at radius 2 is 1.94 bits per heavy atom. The molecule has 1 atom stereocenters. The summed E-state index contributed by atoms with van der Waals surface area (Å²) in [6.45, 7) is 4.79. The second-order valence-corrected chi connectivity index (χ2v) is 8.21. The maximum Gasteiger partial charge on any atom is 0.157 e. The number of nitrogens with zero attached hydrogens (tertiary/aromatic N) is 1. The van der Waals surface area contributed by atoms with E-state index >= 15 is 0 Å². The summed E-state index contributed by atoms with van der Waals surface area (Å²) in [5.41, 5.74) is 0.926. The van der Waals surface area contributed by atoms with Gasteiger partial charge in [-0.15, -0.1) is 0 Å². The zero-order valence-corrected chi connectivity index (χ0v) is 12.6. The van der Waals surface area contributed by atoms with Gasteiger partial charge in [0.2, 0.25) is 0 Å². The zero-order chi connectivity index (χ0) is 12.6. The SMILES string of the molecule is CC1(C)CCCC(N=C2NC3(CCCC3)CS2)C1. The Balaban J connectivity index is 1.63. The van der Waals surface area contributed by atoms with Crippen LogP contribution in [0.5, 0.6) is 0 Å². The molecule has 3 heteroatoms. The van der Waals surface area contributed by atoms with Gasteiger partial charge in [-0.1, -0.05) is 44.9 Å². The first-order valence-corrected chi connectivity index (χ1v) is 8.54. The third-order valence-corrected chi connectivity index (χ3v) is 6.07. The average Bonchev–Trinajstić information content (AvgIpc) is 2.89. The summed E-state index contributed by atoms with van der Waals surface area (Å²) in [6.07, 6.45) is 10.8. The predicted octanol–water partition coefficient (Wildman–Crippen LogP) is 3.96. The van der Waals surface area contributed by atoms with Gasteiger partial charge >= 0.3 is 0 Å². The van der Waals surface area contributed by atoms with Crippen LogP contribution in [0.4, 0.5) is 0 Å². The van der Waals surface area contributed by atoms with Gasteiger partial charge in [0, 0.05) is 11.3 Å². The van der Waals surface area contributed by atoms with Crippen molar-refractivity contribution in [3.05, 3.63) is 0 Å². The molecule has 3 aliphatic rings. The molecule has 0 radical (unpaired) electrons. The fourth-order valence-corrected chi connectivity index (χ4v) is 5.12. The Kier molecular flexibility index (Phi) is 3.38. The Bertz CT molecular complexity index is 342. The molecule has 1 saturated heterocycles. The molecule has 1 unspecified atom stereocenters. The van der Waals surface area contributed by atoms with Gasteiger partial charge in [0.05, 0.1) is 6.04 Å². The third kappa shape index (κ3) is 2.71. The monoisotopic (exact) mass is 266 g/mol. The van der Waals surface area contributed by atoms with Gasteiger partial charge in [-0.05, 0) is 37.5 Å². The molecule has 3 fully saturated rings. The number of thioether (sulfide) groups is 1. The molecule has 1 aliphatic heterocycles. The molecule has 1 spiro atoms. The Morgan fingerprint density at radius 1 is 1.17 bits per heavy atom. The van der Waals surface area contributed by atoms with Gasteiger partial charge < -0.3 is 5.32 Å². The molecule has 1 heterocycles. The molecule has 0 aromatic carbocycles. The molecule has 0 amide bonds. The lowest BCUT2D eigenvalue weighted by molar-refractivity contribution is 0.222. The van der Waals surface area contributed by atoms with Crippen LogP contribution in [0.25, 0.3) is 0 Å². The van der Waals surface area contributed by atoms with E-state index in [-0.39, 0.29) is 0 Å². The number of hydrogen-bond donors (Lipinski definition) is 1. The van der Waals surface area contributed by atoms with E-state index in [1.165, 1.54) is 62.3 Å². The zero-order valence-electron chi connectivity index (χ0n) is 11.8. The molecule has 1 N–H and O–H groups in total. The van der Waals surface area contributed by atoms with E-state index in [1.807, 2.05) is 11.8 Å². The van der Waals surface area contributed by atoms with Crippen LogP contribution in [0, 0.1) is 5.41 Å². The molecule has 0 aromatic rings. The standard InChI is InChI=1S/C15H26N2S/c1-14(2)7-5-6-12(10-14)16-13-17-15(11-18-13)8-3-4-9-15/h12H,3-11H2,1-2H3,(H,16,17). The second-order valence-electron chi connectivity index (χ2n) is 7.25. The molecule has 102 valence electrons. The van der Waals surface area contributed by atoms with E-state index < -0.39 is 0 Å². The van der Waals surface area contributed by atoms with Crippen molar-refractivity contribution in [1.82, 2.24) is 5.32 Å². The Labute approximate surface area is 115 Å². The van der Waals surface area contributed by atoms with Crippen molar-refractivity contribution < 1.29 is 0 Å². The smallest absolute Gasteiger partial charge is 0.157 e. The lowest BCUT2D eigenvalue weighted by Gasteiger charge is -2.33. The van der Waals surface area contributed by atoms with Gasteiger partial charge in [-0.3, -0.25) is 4.99 Å². The maximum atomic E-state index is 5.02. The highest BCUT2D eigenvalue weighted by molar-refractivity contribution is 8.14. The van der Waals surface area contributed by atoms with Crippen molar-refractivity contribution in [3.8, 4) is 0 Å². The first kappa shape index (κ1) is 12.8. The van der Waals surface area contributed by atoms with Gasteiger partial charge in [0.15, 0.2) is 5.17 Å². The summed E-state index contributed by atoms with van der Waals surface area (Å²) in [6, 6.07) is 0.570. The van der Waals surface area contributed by atoms with Crippen LogP contribution in [0.3, 0.4) is 0 Å². The minimum atomic E-state index is 0.424. The number of hydrogen-bond acceptors (Lipinski definition) is 2. The van der Waals surface area contributed by atoms with E-state index in [4.69, 9.17) is 4.99 Å². The summed E-state index contributed by atoms with van der Waals surface area (Å²) in [5.74, 6) is 1.25. The van der Waals surface area contributed by atoms with E-state index in [9.17, 15) is 0 Å². The highest BCUT2D eigenvalue weighted by Crippen LogP contribution is 2.40. The molecule has 0 aromatic heterocycles. The van der Waals surface area contributed by atoms with Crippen molar-refractivity contribution in [2.24, 2.45) is 10.4 Å². The van der Waals surface area contributed by atoms with Crippen LogP contribution in [-0.2, 0) is 0 Å². The third-order valence-electron chi connectivity index (χ3n) is 4.90. The fraction of sp³-hybridized carbons (Fsp3) is 0.933. The molecular formula is C15H26N2S. The summed E-state index contributed by atoms with van der Waals surface area (Å²) in [5, 5.41) is 5.00. The average molecular weight is 266 g/mol. The number of aliphatic imine (C=N–C) groups is 1. The van der Waals surface area contributed by atoms with Gasteiger partial charge in [-0.25, -0.2) is 0 Å². The Morgan fingerprint density at radius 3 is 2.67 bits per heavy atom. The summed E-state index contributed by atoms with van der Waals surface area (Å²) >= 11 is 1.97. The predicted molar refractivity (Wildman–Crippen MR) is 80.3 cm³/mol. The maximum absolute atomic E-state index is 5.02. The minimum absolute atomic E-state index is 0.424. The minimum Gasteiger partial charge on any atom is -0.359 e. The van der Waals surface area contributed by atoms with Crippen molar-refractivity contribution >= 4 is 16.9 Å². The Hall–Kier alpha value is -0.180. The summed E-state index contributed by atoms with van der Waals surface area (Å²) in [4.78, 5) is 5.02. The van der Waals surface area contributed by atoms with Crippen molar-refractivity contribution in [2.75, 3.05) is 5.75 Å². The van der Waals surface area contributed by atoms with E-state index in [0.717, 1.165) is 0 Å². The highest BCUT2D eigenvalue weighted by Gasteiger charge is 2.40. The van der Waals surface area contributed by atoms with E-state index in [2.05, 4.69) is 19.2 Å². The van der Waals surface area contributed by atoms with Crippen molar-refractivity contribution in [3.63, 3.8) is 0 Å². The molecule has 2 saturated carbocycles. The van der Waals surface area contributed by atoms with Gasteiger partial charge in [-0.2, -0.15) is 0 Å². The van der Waals surface area contributed by atoms with Crippen LogP contribution in [0.1, 0.15) is 65.2 Å². The van der Waals surface area contributed by atoms with Crippen LogP contribution in [0.15, 0.2) is 4.99 Å². The number of amidine groups is 1. The van der Waals surface area contributed by atoms with E-state index in [1.54, 1.807) is 0 Å². The second kappa shape index (κ2) is 4.73. The molecule has 2 nitrogen and oxygen atoms in total. The largest absolute Gasteiger partial charge is 0.359 e. The van der Waals surface area contributed by atoms with Gasteiger partial charge in [0.1, 0.15) is 0 Å². The first-order chi connectivity index (χ1) is 8.57. The van der Waals surface area contributed by atoms with Crippen LogP contribution >= 0.6 is 11.8 Å². The molecule has 2 aliphatic carbocycles. The molecular weight excluding hydrogens is 240 g/mol. The summed E-state index contributed by atoms with van der Waals surface area (Å²) < 4.78 is 0. The molecule has 0 bridgehead atoms. The lowest BCUT2D eigenvalue weighted by atomic mass is 9.75. The molecule has 3 rings (SSSR count). The lowest BCUT2D eigenvalue weighted by Crippen LogP contribution is -2.41. The summed E-state index contributed by atoms with van der Waals surface area (Å²) in [7, 11) is 0. The van der Waals surface area contributed by atoms with Gasteiger partial charge in [0.25, 0.3) is 0 Å². The quantitative estimate of drug-likeness (QED) is 0.777. The number of nitrogens with one attached hydrogen (secondary N) is 1. The highest BCUT2D eigenvalue weighted by atomic mass is 32.2. The first-order valence-electron chi connectivity index (χ1n) is 7.56. The van der Waals surface area contributed by atoms with Crippen LogP contribution < -0.4 is 5.32 Å². The van der Waals surface area contributed by atoms with Crippen molar-refractivity contribution in [1.29, 1.82) is 0 Å². The van der Waals surface area contributed by atoms with Crippen molar-refractivity contribution in [2.45, 2.75) is 76.8 Å². The van der Waals surface area contributed by atoms with Crippen LogP contribution in [-0.4, -0.2) is 22.5 Å². The normalized spacial score (nSPS) is 36.1. The van der Waals surface area contributed by atoms with E-state index in [0.29, 0.717) is 17.0 Å².